The van der Waals surface area contributed by atoms with Gasteiger partial charge >= 0.3 is 5.97 Å². The number of carbonyl (C=O) groups is 1. The van der Waals surface area contributed by atoms with Crippen molar-refractivity contribution in [2.75, 3.05) is 6.61 Å². The quantitative estimate of drug-likeness (QED) is 0.192. The third-order valence-corrected chi connectivity index (χ3v) is 8.45. The molecule has 180 valence electrons. The number of hydrogen-bond acceptors (Lipinski definition) is 3. The molecule has 0 amide bonds. The Hall–Kier alpha value is -3.76. The lowest BCUT2D eigenvalue weighted by atomic mass is 9.94. The van der Waals surface area contributed by atoms with Crippen molar-refractivity contribution < 1.29 is 14.3 Å². The Morgan fingerprint density at radius 2 is 1.42 bits per heavy atom. The lowest BCUT2D eigenvalue weighted by Crippen LogP contribution is -2.28. The lowest BCUT2D eigenvalue weighted by molar-refractivity contribution is -0.159. The molecule has 0 atom stereocenters. The van der Waals surface area contributed by atoms with Gasteiger partial charge in [0.15, 0.2) is 21.3 Å². The number of rotatable bonds is 8. The first kappa shape index (κ1) is 24.0. The third kappa shape index (κ3) is 5.39. The molecule has 0 aliphatic heterocycles. The van der Waals surface area contributed by atoms with Gasteiger partial charge in [-0.3, -0.25) is 0 Å². The second-order valence-corrected chi connectivity index (χ2v) is 11.2. The van der Waals surface area contributed by atoms with Crippen LogP contribution in [0.15, 0.2) is 124 Å². The average Bonchev–Trinajstić information content (AvgIpc) is 3.38. The summed E-state index contributed by atoms with van der Waals surface area (Å²) in [7, 11) is -0.222. The molecule has 0 N–H and O–H groups in total. The van der Waals surface area contributed by atoms with E-state index in [4.69, 9.17) is 9.47 Å². The summed E-state index contributed by atoms with van der Waals surface area (Å²) in [6, 6.07) is 35.2. The molecule has 0 heterocycles. The van der Waals surface area contributed by atoms with Gasteiger partial charge in [0.05, 0.1) is 10.9 Å². The maximum absolute atomic E-state index is 12.6. The number of ether oxygens (including phenoxy) is 2. The van der Waals surface area contributed by atoms with Crippen LogP contribution in [0, 0.1) is 0 Å². The highest BCUT2D eigenvalue weighted by molar-refractivity contribution is 7.97. The fourth-order valence-electron chi connectivity index (χ4n) is 4.34. The van der Waals surface area contributed by atoms with E-state index < -0.39 is 11.6 Å². The van der Waals surface area contributed by atoms with E-state index in [0.717, 1.165) is 12.0 Å². The number of hydrogen-bond donors (Lipinski definition) is 0. The van der Waals surface area contributed by atoms with Crippen LogP contribution in [-0.2, 0) is 32.4 Å². The second-order valence-electron chi connectivity index (χ2n) is 9.20. The topological polar surface area (TPSA) is 35.5 Å². The van der Waals surface area contributed by atoms with Crippen LogP contribution < -0.4 is 4.74 Å². The van der Waals surface area contributed by atoms with Gasteiger partial charge in [0, 0.05) is 0 Å². The largest absolute Gasteiger partial charge is 0.482 e. The minimum atomic E-state index is -0.734. The zero-order valence-corrected chi connectivity index (χ0v) is 21.3. The van der Waals surface area contributed by atoms with Crippen molar-refractivity contribution >= 4 is 22.9 Å². The van der Waals surface area contributed by atoms with Gasteiger partial charge in [0.2, 0.25) is 0 Å². The Bertz CT molecular complexity index is 1320. The highest BCUT2D eigenvalue weighted by Gasteiger charge is 2.29. The molecule has 3 nitrogen and oxygen atoms in total. The Morgan fingerprint density at radius 1 is 0.806 bits per heavy atom. The summed E-state index contributed by atoms with van der Waals surface area (Å²) in [5.74, 6) is 0.248. The molecule has 0 saturated carbocycles. The van der Waals surface area contributed by atoms with Gasteiger partial charge in [-0.2, -0.15) is 0 Å². The molecule has 1 aliphatic rings. The van der Waals surface area contributed by atoms with Gasteiger partial charge in [-0.05, 0) is 85.5 Å². The van der Waals surface area contributed by atoms with Crippen LogP contribution in [0.3, 0.4) is 0 Å². The van der Waals surface area contributed by atoms with Crippen molar-refractivity contribution in [2.45, 2.75) is 40.6 Å². The monoisotopic (exact) mass is 493 g/mol. The summed E-state index contributed by atoms with van der Waals surface area (Å²) < 4.78 is 11.6. The van der Waals surface area contributed by atoms with Crippen LogP contribution in [0.25, 0.3) is 6.08 Å². The predicted molar refractivity (Wildman–Crippen MR) is 145 cm³/mol. The van der Waals surface area contributed by atoms with E-state index in [0.29, 0.717) is 5.75 Å². The maximum Gasteiger partial charge on any atom is 0.345 e. The van der Waals surface area contributed by atoms with Crippen molar-refractivity contribution in [2.24, 2.45) is 0 Å². The molecule has 36 heavy (non-hydrogen) atoms. The fraction of sp³-hybridized carbons (Fsp3) is 0.156. The lowest BCUT2D eigenvalue weighted by Gasteiger charge is -2.26. The summed E-state index contributed by atoms with van der Waals surface area (Å²) in [6.45, 7) is 3.69. The van der Waals surface area contributed by atoms with E-state index in [1.807, 2.05) is 44.2 Å². The first-order valence-corrected chi connectivity index (χ1v) is 13.3. The van der Waals surface area contributed by atoms with Gasteiger partial charge in [-0.1, -0.05) is 66.7 Å². The molecule has 0 radical (unpaired) electrons. The molecule has 0 aromatic heterocycles. The Morgan fingerprint density at radius 3 is 2.06 bits per heavy atom. The average molecular weight is 494 g/mol. The molecule has 0 bridgehead atoms. The normalized spacial score (nSPS) is 12.4. The number of esters is 1. The van der Waals surface area contributed by atoms with Crippen LogP contribution in [0.4, 0.5) is 0 Å². The smallest absolute Gasteiger partial charge is 0.345 e. The number of benzene rings is 4. The minimum Gasteiger partial charge on any atom is -0.482 e. The zero-order chi connectivity index (χ0) is 25.0. The highest BCUT2D eigenvalue weighted by Crippen LogP contribution is 2.32. The molecule has 1 aliphatic carbocycles. The van der Waals surface area contributed by atoms with Crippen LogP contribution in [0.1, 0.15) is 30.5 Å². The summed E-state index contributed by atoms with van der Waals surface area (Å²) in [5, 5.41) is 0. The van der Waals surface area contributed by atoms with E-state index in [-0.39, 0.29) is 17.5 Å². The van der Waals surface area contributed by atoms with Gasteiger partial charge in [-0.25, -0.2) is 4.79 Å². The van der Waals surface area contributed by atoms with Gasteiger partial charge < -0.3 is 9.47 Å². The van der Waals surface area contributed by atoms with Gasteiger partial charge in [-0.15, -0.1) is 0 Å². The molecule has 0 spiro atoms. The Labute approximate surface area is 215 Å². The van der Waals surface area contributed by atoms with Crippen molar-refractivity contribution in [1.82, 2.24) is 0 Å². The molecule has 4 aromatic carbocycles. The number of carbonyl (C=O) groups excluding carboxylic acids is 1. The Kier molecular flexibility index (Phi) is 6.97. The van der Waals surface area contributed by atoms with Crippen molar-refractivity contribution in [1.29, 1.82) is 0 Å². The van der Waals surface area contributed by atoms with Crippen molar-refractivity contribution in [3.63, 3.8) is 0 Å². The highest BCUT2D eigenvalue weighted by atomic mass is 32.2. The summed E-state index contributed by atoms with van der Waals surface area (Å²) in [5.41, 5.74) is 2.74. The van der Waals surface area contributed by atoms with E-state index in [9.17, 15) is 4.79 Å². The van der Waals surface area contributed by atoms with E-state index >= 15 is 0 Å². The Balaban J connectivity index is 1.24. The standard InChI is InChI=1S/C32H29O3S/c1-32(2,26-17-16-24-10-9-11-25(24)22-26)35-31(33)23-34-27-18-20-30(21-19-27)36(28-12-5-3-6-13-28)29-14-7-4-8-15-29/h3-10,12-22H,11,23H2,1-2H3/q+1. The molecule has 4 aromatic rings. The molecule has 5 rings (SSSR count). The van der Waals surface area contributed by atoms with Crippen molar-refractivity contribution in [3.8, 4) is 5.75 Å². The molecule has 4 heteroatoms. The number of allylic oxidation sites excluding steroid dienone is 1. The summed E-state index contributed by atoms with van der Waals surface area (Å²) >= 11 is 0. The molecule has 0 unspecified atom stereocenters. The van der Waals surface area contributed by atoms with Gasteiger partial charge in [0.1, 0.15) is 11.4 Å². The maximum atomic E-state index is 12.6. The molecular formula is C32H29O3S+. The minimum absolute atomic E-state index is 0.141. The van der Waals surface area contributed by atoms with Crippen LogP contribution in [0.5, 0.6) is 5.75 Å². The van der Waals surface area contributed by atoms with Crippen molar-refractivity contribution in [3.05, 3.63) is 126 Å². The van der Waals surface area contributed by atoms with Crippen LogP contribution in [0.2, 0.25) is 0 Å². The van der Waals surface area contributed by atoms with E-state index in [1.165, 1.54) is 25.8 Å². The predicted octanol–water partition coefficient (Wildman–Crippen LogP) is 7.21. The SMILES string of the molecule is CC(C)(OC(=O)COc1ccc([S+](c2ccccc2)c2ccccc2)cc1)c1ccc2c(c1)CC=C2. The molecule has 0 fully saturated rings. The third-order valence-electron chi connectivity index (χ3n) is 6.22. The second kappa shape index (κ2) is 10.5. The fourth-order valence-corrected chi connectivity index (χ4v) is 6.42. The van der Waals surface area contributed by atoms with Gasteiger partial charge in [0.25, 0.3) is 0 Å². The summed E-state index contributed by atoms with van der Waals surface area (Å²) in [6.07, 6.45) is 5.19. The molecular weight excluding hydrogens is 464 g/mol. The van der Waals surface area contributed by atoms with E-state index in [1.54, 1.807) is 0 Å². The van der Waals surface area contributed by atoms with E-state index in [2.05, 4.69) is 84.9 Å². The van der Waals surface area contributed by atoms with Crippen LogP contribution >= 0.6 is 0 Å². The first-order valence-electron chi connectivity index (χ1n) is 12.1. The summed E-state index contributed by atoms with van der Waals surface area (Å²) in [4.78, 5) is 16.3. The number of fused-ring (bicyclic) bond motifs is 1. The van der Waals surface area contributed by atoms with Crippen LogP contribution in [-0.4, -0.2) is 12.6 Å². The molecule has 0 saturated heterocycles. The first-order chi connectivity index (χ1) is 17.5. The zero-order valence-electron chi connectivity index (χ0n) is 20.5.